The van der Waals surface area contributed by atoms with Crippen molar-refractivity contribution in [2.24, 2.45) is 0 Å². The molecule has 0 fully saturated rings. The molecule has 1 atom stereocenters. The smallest absolute Gasteiger partial charge is 0.326 e. The summed E-state index contributed by atoms with van der Waals surface area (Å²) in [6, 6.07) is -1.04. The van der Waals surface area contributed by atoms with Gasteiger partial charge in [-0.25, -0.2) is 4.79 Å². The summed E-state index contributed by atoms with van der Waals surface area (Å²) in [4.78, 5) is 32.3. The van der Waals surface area contributed by atoms with Gasteiger partial charge in [-0.3, -0.25) is 9.59 Å². The average Bonchev–Trinajstić information content (AvgIpc) is 2.12. The molecule has 0 aromatic heterocycles. The van der Waals surface area contributed by atoms with Crippen molar-refractivity contribution < 1.29 is 24.2 Å². The lowest BCUT2D eigenvalue weighted by Crippen LogP contribution is -2.42. The molecule has 0 aliphatic carbocycles. The van der Waals surface area contributed by atoms with E-state index < -0.39 is 30.5 Å². The first kappa shape index (κ1) is 14.2. The largest absolute Gasteiger partial charge is 0.480 e. The maximum Gasteiger partial charge on any atom is 0.326 e. The molecule has 0 aromatic carbocycles. The minimum atomic E-state index is -1.15. The third-order valence-electron chi connectivity index (χ3n) is 1.59. The Balaban J connectivity index is 4.18. The summed E-state index contributed by atoms with van der Waals surface area (Å²) in [5.74, 6) is -2.40. The van der Waals surface area contributed by atoms with Crippen LogP contribution in [0.1, 0.15) is 20.3 Å². The molecule has 0 aromatic rings. The third-order valence-corrected chi connectivity index (χ3v) is 1.59. The summed E-state index contributed by atoms with van der Waals surface area (Å²) in [7, 11) is 0. The van der Waals surface area contributed by atoms with Gasteiger partial charge in [0.15, 0.2) is 6.61 Å². The first-order valence-electron chi connectivity index (χ1n) is 4.63. The lowest BCUT2D eigenvalue weighted by atomic mass is 10.1. The van der Waals surface area contributed by atoms with Gasteiger partial charge in [-0.15, -0.1) is 6.58 Å². The first-order chi connectivity index (χ1) is 7.32. The van der Waals surface area contributed by atoms with Gasteiger partial charge in [-0.2, -0.15) is 0 Å². The fourth-order valence-electron chi connectivity index (χ4n) is 0.952. The zero-order chi connectivity index (χ0) is 12.7. The van der Waals surface area contributed by atoms with Crippen LogP contribution in [0.2, 0.25) is 0 Å². The molecule has 0 aliphatic heterocycles. The molecular formula is C10H15NO5. The molecule has 6 nitrogen and oxygen atoms in total. The van der Waals surface area contributed by atoms with Crippen molar-refractivity contribution in [3.63, 3.8) is 0 Å². The molecule has 0 bridgehead atoms. The van der Waals surface area contributed by atoms with Gasteiger partial charge in [0.2, 0.25) is 0 Å². The predicted molar refractivity (Wildman–Crippen MR) is 55.6 cm³/mol. The number of amides is 1. The molecule has 1 amide bonds. The molecule has 0 saturated heterocycles. The van der Waals surface area contributed by atoms with E-state index in [2.05, 4.69) is 16.6 Å². The highest BCUT2D eigenvalue weighted by Gasteiger charge is 2.19. The van der Waals surface area contributed by atoms with Crippen molar-refractivity contribution in [1.29, 1.82) is 0 Å². The molecule has 0 saturated carbocycles. The number of esters is 1. The summed E-state index contributed by atoms with van der Waals surface area (Å²) in [5.41, 5.74) is 0.639. The van der Waals surface area contributed by atoms with Gasteiger partial charge in [0.1, 0.15) is 6.04 Å². The Morgan fingerprint density at radius 3 is 2.31 bits per heavy atom. The minimum absolute atomic E-state index is 0.140. The number of carbonyl (C=O) groups excluding carboxylic acids is 2. The van der Waals surface area contributed by atoms with Crippen molar-refractivity contribution in [3.05, 3.63) is 12.2 Å². The second-order valence-corrected chi connectivity index (χ2v) is 3.40. The second kappa shape index (κ2) is 6.60. The molecule has 6 heteroatoms. The monoisotopic (exact) mass is 229 g/mol. The van der Waals surface area contributed by atoms with Gasteiger partial charge in [0.25, 0.3) is 5.91 Å². The number of hydrogen-bond donors (Lipinski definition) is 2. The van der Waals surface area contributed by atoms with E-state index in [0.717, 1.165) is 6.92 Å². The minimum Gasteiger partial charge on any atom is -0.480 e. The SMILES string of the molecule is C=C(C)C[C@H](NC(=O)COC(C)=O)C(=O)O. The molecule has 0 heterocycles. The van der Waals surface area contributed by atoms with Gasteiger partial charge in [-0.1, -0.05) is 5.57 Å². The molecule has 0 aliphatic rings. The Morgan fingerprint density at radius 1 is 1.38 bits per heavy atom. The van der Waals surface area contributed by atoms with E-state index in [0.29, 0.717) is 5.57 Å². The molecule has 0 rings (SSSR count). The van der Waals surface area contributed by atoms with E-state index in [9.17, 15) is 14.4 Å². The number of rotatable bonds is 6. The van der Waals surface area contributed by atoms with E-state index in [1.807, 2.05) is 0 Å². The topological polar surface area (TPSA) is 92.7 Å². The second-order valence-electron chi connectivity index (χ2n) is 3.40. The van der Waals surface area contributed by atoms with E-state index in [1.165, 1.54) is 0 Å². The highest BCUT2D eigenvalue weighted by molar-refractivity contribution is 5.85. The van der Waals surface area contributed by atoms with Gasteiger partial charge >= 0.3 is 11.9 Å². The average molecular weight is 229 g/mol. The number of nitrogens with one attached hydrogen (secondary N) is 1. The van der Waals surface area contributed by atoms with Crippen molar-refractivity contribution in [2.75, 3.05) is 6.61 Å². The van der Waals surface area contributed by atoms with Crippen LogP contribution in [0.25, 0.3) is 0 Å². The van der Waals surface area contributed by atoms with Crippen LogP contribution in [-0.2, 0) is 19.1 Å². The number of aliphatic carboxylic acids is 1. The maximum atomic E-state index is 11.2. The van der Waals surface area contributed by atoms with Crippen LogP contribution in [0.15, 0.2) is 12.2 Å². The molecule has 0 unspecified atom stereocenters. The Labute approximate surface area is 93.3 Å². The van der Waals surface area contributed by atoms with Gasteiger partial charge in [0, 0.05) is 6.92 Å². The van der Waals surface area contributed by atoms with Gasteiger partial charge < -0.3 is 15.2 Å². The van der Waals surface area contributed by atoms with Crippen LogP contribution < -0.4 is 5.32 Å². The predicted octanol–water partition coefficient (Wildman–Crippen LogP) is 0.0851. The fraction of sp³-hybridized carbons (Fsp3) is 0.500. The van der Waals surface area contributed by atoms with E-state index in [1.54, 1.807) is 6.92 Å². The van der Waals surface area contributed by atoms with Crippen LogP contribution in [0.3, 0.4) is 0 Å². The van der Waals surface area contributed by atoms with Crippen molar-refractivity contribution in [2.45, 2.75) is 26.3 Å². The summed E-state index contributed by atoms with van der Waals surface area (Å²) >= 11 is 0. The van der Waals surface area contributed by atoms with E-state index in [4.69, 9.17) is 5.11 Å². The molecule has 0 radical (unpaired) electrons. The van der Waals surface area contributed by atoms with E-state index >= 15 is 0 Å². The molecule has 2 N–H and O–H groups in total. The Kier molecular flexibility index (Phi) is 5.84. The number of hydrogen-bond acceptors (Lipinski definition) is 4. The number of carboxylic acids is 1. The van der Waals surface area contributed by atoms with Crippen LogP contribution in [0, 0.1) is 0 Å². The normalized spacial score (nSPS) is 11.4. The summed E-state index contributed by atoms with van der Waals surface area (Å²) < 4.78 is 4.42. The highest BCUT2D eigenvalue weighted by Crippen LogP contribution is 2.02. The summed E-state index contributed by atoms with van der Waals surface area (Å²) in [6.07, 6.45) is 0.140. The van der Waals surface area contributed by atoms with Crippen molar-refractivity contribution >= 4 is 17.8 Å². The number of ether oxygens (including phenoxy) is 1. The lowest BCUT2D eigenvalue weighted by Gasteiger charge is -2.14. The lowest BCUT2D eigenvalue weighted by molar-refractivity contribution is -0.148. The molecular weight excluding hydrogens is 214 g/mol. The van der Waals surface area contributed by atoms with E-state index in [-0.39, 0.29) is 6.42 Å². The zero-order valence-corrected chi connectivity index (χ0v) is 9.28. The Bertz CT molecular complexity index is 310. The highest BCUT2D eigenvalue weighted by atomic mass is 16.5. The van der Waals surface area contributed by atoms with Crippen LogP contribution >= 0.6 is 0 Å². The van der Waals surface area contributed by atoms with Crippen LogP contribution in [-0.4, -0.2) is 35.6 Å². The molecule has 90 valence electrons. The van der Waals surface area contributed by atoms with Crippen molar-refractivity contribution in [3.8, 4) is 0 Å². The van der Waals surface area contributed by atoms with Crippen molar-refractivity contribution in [1.82, 2.24) is 5.32 Å². The molecule has 16 heavy (non-hydrogen) atoms. The molecule has 0 spiro atoms. The Hall–Kier alpha value is -1.85. The Morgan fingerprint density at radius 2 is 1.94 bits per heavy atom. The van der Waals surface area contributed by atoms with Gasteiger partial charge in [0.05, 0.1) is 0 Å². The maximum absolute atomic E-state index is 11.2. The van der Waals surface area contributed by atoms with Gasteiger partial charge in [-0.05, 0) is 13.3 Å². The zero-order valence-electron chi connectivity index (χ0n) is 9.28. The summed E-state index contributed by atoms with van der Waals surface area (Å²) in [5, 5.41) is 11.0. The summed E-state index contributed by atoms with van der Waals surface area (Å²) in [6.45, 7) is 5.91. The standard InChI is InChI=1S/C10H15NO5/c1-6(2)4-8(10(14)15)11-9(13)5-16-7(3)12/h8H,1,4-5H2,2-3H3,(H,11,13)(H,14,15)/t8-/m0/s1. The third kappa shape index (κ3) is 6.58. The fourth-order valence-corrected chi connectivity index (χ4v) is 0.952. The van der Waals surface area contributed by atoms with Crippen LogP contribution in [0.4, 0.5) is 0 Å². The number of carbonyl (C=O) groups is 3. The van der Waals surface area contributed by atoms with Crippen LogP contribution in [0.5, 0.6) is 0 Å². The number of carboxylic acid groups (broad SMARTS) is 1. The first-order valence-corrected chi connectivity index (χ1v) is 4.63. The quantitative estimate of drug-likeness (QED) is 0.497.